The molecular weight excluding hydrogens is 194 g/mol. The molecular formula is C10H21N3O2. The molecule has 0 aliphatic rings. The van der Waals surface area contributed by atoms with Gasteiger partial charge in [-0.2, -0.15) is 0 Å². The zero-order valence-electron chi connectivity index (χ0n) is 9.85. The second-order valence-electron chi connectivity index (χ2n) is 3.82. The van der Waals surface area contributed by atoms with Gasteiger partial charge in [-0.05, 0) is 14.1 Å². The molecule has 15 heavy (non-hydrogen) atoms. The normalized spacial score (nSPS) is 10.7. The maximum Gasteiger partial charge on any atom is 0.209 e. The minimum atomic E-state index is 0.474. The van der Waals surface area contributed by atoms with Crippen LogP contribution in [0.4, 0.5) is 0 Å². The first-order valence-corrected chi connectivity index (χ1v) is 5.06. The molecule has 0 saturated carbocycles. The molecule has 0 radical (unpaired) electrons. The van der Waals surface area contributed by atoms with Crippen LogP contribution >= 0.6 is 0 Å². The topological polar surface area (TPSA) is 43.9 Å². The summed E-state index contributed by atoms with van der Waals surface area (Å²) in [6, 6.07) is 0. The Balaban J connectivity index is 3.51. The van der Waals surface area contributed by atoms with E-state index in [0.29, 0.717) is 6.54 Å². The van der Waals surface area contributed by atoms with Gasteiger partial charge in [-0.3, -0.25) is 9.69 Å². The van der Waals surface area contributed by atoms with Gasteiger partial charge in [0.25, 0.3) is 0 Å². The lowest BCUT2D eigenvalue weighted by Gasteiger charge is -2.22. The fraction of sp³-hybridized carbons (Fsp3) is 0.800. The highest BCUT2D eigenvalue weighted by atomic mass is 16.1. The summed E-state index contributed by atoms with van der Waals surface area (Å²) in [6.07, 6.45) is 1.73. The molecule has 0 aliphatic heterocycles. The van der Waals surface area contributed by atoms with Gasteiger partial charge in [0.1, 0.15) is 6.29 Å². The number of hydrogen-bond donors (Lipinski definition) is 0. The average molecular weight is 215 g/mol. The van der Waals surface area contributed by atoms with Crippen LogP contribution in [0.25, 0.3) is 0 Å². The summed E-state index contributed by atoms with van der Waals surface area (Å²) in [5.74, 6) is 0. The van der Waals surface area contributed by atoms with E-state index in [-0.39, 0.29) is 0 Å². The Hall–Kier alpha value is -0.940. The summed E-state index contributed by atoms with van der Waals surface area (Å²) in [6.45, 7) is 3.82. The Morgan fingerprint density at radius 3 is 1.93 bits per heavy atom. The van der Waals surface area contributed by atoms with Gasteiger partial charge >= 0.3 is 0 Å². The molecule has 5 heteroatoms. The van der Waals surface area contributed by atoms with Crippen molar-refractivity contribution in [2.75, 3.05) is 53.9 Å². The monoisotopic (exact) mass is 215 g/mol. The first kappa shape index (κ1) is 14.1. The Morgan fingerprint density at radius 1 is 0.867 bits per heavy atom. The van der Waals surface area contributed by atoms with E-state index in [2.05, 4.69) is 4.90 Å². The lowest BCUT2D eigenvalue weighted by molar-refractivity contribution is -0.117. The highest BCUT2D eigenvalue weighted by molar-refractivity contribution is 5.51. The van der Waals surface area contributed by atoms with E-state index in [1.54, 1.807) is 11.9 Å². The summed E-state index contributed by atoms with van der Waals surface area (Å²) >= 11 is 0. The molecule has 0 atom stereocenters. The molecule has 0 rings (SSSR count). The maximum absolute atomic E-state index is 10.3. The van der Waals surface area contributed by atoms with Gasteiger partial charge in [0.2, 0.25) is 6.41 Å². The summed E-state index contributed by atoms with van der Waals surface area (Å²) in [5, 5.41) is 0. The second-order valence-corrected chi connectivity index (χ2v) is 3.82. The van der Waals surface area contributed by atoms with Crippen LogP contribution in [0.2, 0.25) is 0 Å². The van der Waals surface area contributed by atoms with Crippen LogP contribution in [-0.2, 0) is 9.59 Å². The SMILES string of the molecule is CN(C=O)CCN(C)CCN(C)CC=O. The smallest absolute Gasteiger partial charge is 0.209 e. The minimum Gasteiger partial charge on any atom is -0.347 e. The van der Waals surface area contributed by atoms with Crippen molar-refractivity contribution in [3.63, 3.8) is 0 Å². The van der Waals surface area contributed by atoms with Gasteiger partial charge in [-0.25, -0.2) is 0 Å². The molecule has 0 aromatic carbocycles. The summed E-state index contributed by atoms with van der Waals surface area (Å²) < 4.78 is 0. The molecule has 0 saturated heterocycles. The van der Waals surface area contributed by atoms with E-state index < -0.39 is 0 Å². The van der Waals surface area contributed by atoms with Crippen LogP contribution < -0.4 is 0 Å². The van der Waals surface area contributed by atoms with Gasteiger partial charge < -0.3 is 14.6 Å². The molecule has 0 heterocycles. The number of hydrogen-bond acceptors (Lipinski definition) is 4. The van der Waals surface area contributed by atoms with Crippen LogP contribution in [0.5, 0.6) is 0 Å². The van der Waals surface area contributed by atoms with E-state index >= 15 is 0 Å². The first-order valence-electron chi connectivity index (χ1n) is 5.06. The number of aldehydes is 1. The predicted octanol–water partition coefficient (Wildman–Crippen LogP) is -0.863. The number of rotatable bonds is 9. The van der Waals surface area contributed by atoms with E-state index in [1.807, 2.05) is 19.0 Å². The number of carbonyl (C=O) groups is 2. The standard InChI is InChI=1S/C10H21N3O2/c1-11(6-7-13(3)10-15)4-5-12(2)8-9-14/h9-10H,4-8H2,1-3H3. The zero-order chi connectivity index (χ0) is 11.7. The molecule has 0 aromatic rings. The third-order valence-corrected chi connectivity index (χ3v) is 2.26. The van der Waals surface area contributed by atoms with Crippen molar-refractivity contribution in [2.24, 2.45) is 0 Å². The fourth-order valence-corrected chi connectivity index (χ4v) is 1.05. The van der Waals surface area contributed by atoms with Crippen molar-refractivity contribution in [1.29, 1.82) is 0 Å². The molecule has 0 bridgehead atoms. The maximum atomic E-state index is 10.3. The number of nitrogens with zero attached hydrogens (tertiary/aromatic N) is 3. The molecule has 88 valence electrons. The number of carbonyl (C=O) groups excluding carboxylic acids is 2. The summed E-state index contributed by atoms with van der Waals surface area (Å²) in [7, 11) is 5.69. The summed E-state index contributed by atoms with van der Waals surface area (Å²) in [5.41, 5.74) is 0. The van der Waals surface area contributed by atoms with Crippen LogP contribution in [0.15, 0.2) is 0 Å². The molecule has 0 N–H and O–H groups in total. The number of likely N-dealkylation sites (N-methyl/N-ethyl adjacent to an activating group) is 3. The van der Waals surface area contributed by atoms with E-state index in [0.717, 1.165) is 38.9 Å². The van der Waals surface area contributed by atoms with Crippen LogP contribution in [0.1, 0.15) is 0 Å². The lowest BCUT2D eigenvalue weighted by Crippen LogP contribution is -2.35. The fourth-order valence-electron chi connectivity index (χ4n) is 1.05. The van der Waals surface area contributed by atoms with Crippen molar-refractivity contribution in [3.05, 3.63) is 0 Å². The highest BCUT2D eigenvalue weighted by Crippen LogP contribution is 1.86. The molecule has 0 aromatic heterocycles. The Kier molecular flexibility index (Phi) is 7.85. The van der Waals surface area contributed by atoms with Crippen LogP contribution in [-0.4, -0.2) is 81.3 Å². The first-order chi connectivity index (χ1) is 7.10. The van der Waals surface area contributed by atoms with Gasteiger partial charge in [0.05, 0.1) is 6.54 Å². The van der Waals surface area contributed by atoms with Gasteiger partial charge in [0, 0.05) is 33.2 Å². The van der Waals surface area contributed by atoms with Gasteiger partial charge in [-0.1, -0.05) is 0 Å². The molecule has 0 fully saturated rings. The van der Waals surface area contributed by atoms with E-state index in [9.17, 15) is 9.59 Å². The largest absolute Gasteiger partial charge is 0.347 e. The predicted molar refractivity (Wildman–Crippen MR) is 59.8 cm³/mol. The van der Waals surface area contributed by atoms with Gasteiger partial charge in [0.15, 0.2) is 0 Å². The van der Waals surface area contributed by atoms with Crippen molar-refractivity contribution in [2.45, 2.75) is 0 Å². The third kappa shape index (κ3) is 8.08. The second kappa shape index (κ2) is 8.38. The summed E-state index contributed by atoms with van der Waals surface area (Å²) in [4.78, 5) is 26.3. The Labute approximate surface area is 91.6 Å². The Bertz CT molecular complexity index is 188. The van der Waals surface area contributed by atoms with E-state index in [4.69, 9.17) is 0 Å². The van der Waals surface area contributed by atoms with E-state index in [1.165, 1.54) is 0 Å². The average Bonchev–Trinajstić information content (AvgIpc) is 2.23. The van der Waals surface area contributed by atoms with Crippen molar-refractivity contribution in [3.8, 4) is 0 Å². The molecule has 0 spiro atoms. The quantitative estimate of drug-likeness (QED) is 0.469. The van der Waals surface area contributed by atoms with Crippen molar-refractivity contribution in [1.82, 2.24) is 14.7 Å². The highest BCUT2D eigenvalue weighted by Gasteiger charge is 2.02. The number of amides is 1. The molecule has 0 aliphatic carbocycles. The zero-order valence-corrected chi connectivity index (χ0v) is 9.85. The van der Waals surface area contributed by atoms with Crippen molar-refractivity contribution < 1.29 is 9.59 Å². The van der Waals surface area contributed by atoms with Crippen LogP contribution in [0, 0.1) is 0 Å². The molecule has 1 amide bonds. The molecule has 5 nitrogen and oxygen atoms in total. The lowest BCUT2D eigenvalue weighted by atomic mass is 10.4. The minimum absolute atomic E-state index is 0.474. The Morgan fingerprint density at radius 2 is 1.40 bits per heavy atom. The molecule has 0 unspecified atom stereocenters. The van der Waals surface area contributed by atoms with Crippen molar-refractivity contribution >= 4 is 12.7 Å². The third-order valence-electron chi connectivity index (χ3n) is 2.26. The van der Waals surface area contributed by atoms with Gasteiger partial charge in [-0.15, -0.1) is 0 Å². The van der Waals surface area contributed by atoms with Crippen LogP contribution in [0.3, 0.4) is 0 Å².